The lowest BCUT2D eigenvalue weighted by Gasteiger charge is -2.41. The number of likely N-dealkylation sites (tertiary alicyclic amines) is 1. The Morgan fingerprint density at radius 2 is 1.71 bits per heavy atom. The Hall–Kier alpha value is -1.06. The first-order valence-corrected chi connectivity index (χ1v) is 6.83. The predicted molar refractivity (Wildman–Crippen MR) is 63.3 cm³/mol. The minimum atomic E-state index is -0.688. The quantitative estimate of drug-likeness (QED) is 0.745. The van der Waals surface area contributed by atoms with Crippen molar-refractivity contribution in [2.75, 3.05) is 13.1 Å². The highest BCUT2D eigenvalue weighted by molar-refractivity contribution is 6.06. The molecule has 3 fully saturated rings. The van der Waals surface area contributed by atoms with Gasteiger partial charge < -0.3 is 10.2 Å². The largest absolute Gasteiger partial charge is 0.352 e. The first kappa shape index (κ1) is 11.1. The van der Waals surface area contributed by atoms with Gasteiger partial charge in [-0.2, -0.15) is 0 Å². The maximum atomic E-state index is 12.5. The van der Waals surface area contributed by atoms with E-state index in [-0.39, 0.29) is 11.8 Å². The molecular weight excluding hydrogens is 216 g/mol. The van der Waals surface area contributed by atoms with Gasteiger partial charge in [0.25, 0.3) is 0 Å². The van der Waals surface area contributed by atoms with Crippen LogP contribution >= 0.6 is 0 Å². The molecule has 1 N–H and O–H groups in total. The molecule has 1 heterocycles. The SMILES string of the molecule is O=C(NC1CC1)C1(C(=O)N2CCCC2)CCC1. The van der Waals surface area contributed by atoms with Gasteiger partial charge in [-0.1, -0.05) is 6.42 Å². The number of nitrogens with zero attached hydrogens (tertiary/aromatic N) is 1. The van der Waals surface area contributed by atoms with Crippen LogP contribution in [0.4, 0.5) is 0 Å². The van der Waals surface area contributed by atoms with Crippen molar-refractivity contribution in [3.63, 3.8) is 0 Å². The number of amides is 2. The molecule has 0 aromatic carbocycles. The molecule has 2 aliphatic carbocycles. The van der Waals surface area contributed by atoms with Crippen LogP contribution in [0.2, 0.25) is 0 Å². The fraction of sp³-hybridized carbons (Fsp3) is 0.846. The molecule has 0 aromatic rings. The molecule has 0 atom stereocenters. The third-order valence-electron chi connectivity index (χ3n) is 4.36. The molecule has 2 saturated carbocycles. The Bertz CT molecular complexity index is 339. The minimum Gasteiger partial charge on any atom is -0.352 e. The maximum Gasteiger partial charge on any atom is 0.238 e. The summed E-state index contributed by atoms with van der Waals surface area (Å²) in [5, 5.41) is 3.01. The third kappa shape index (κ3) is 1.83. The Morgan fingerprint density at radius 3 is 2.18 bits per heavy atom. The summed E-state index contributed by atoms with van der Waals surface area (Å²) in [6.45, 7) is 1.69. The summed E-state index contributed by atoms with van der Waals surface area (Å²) in [6.07, 6.45) is 6.86. The minimum absolute atomic E-state index is 0.00292. The number of hydrogen-bond donors (Lipinski definition) is 1. The number of hydrogen-bond acceptors (Lipinski definition) is 2. The number of carbonyl (C=O) groups excluding carboxylic acids is 2. The van der Waals surface area contributed by atoms with Crippen LogP contribution in [0.3, 0.4) is 0 Å². The van der Waals surface area contributed by atoms with Crippen LogP contribution in [0.25, 0.3) is 0 Å². The Labute approximate surface area is 102 Å². The van der Waals surface area contributed by atoms with Crippen molar-refractivity contribution < 1.29 is 9.59 Å². The zero-order chi connectivity index (χ0) is 11.9. The average molecular weight is 236 g/mol. The van der Waals surface area contributed by atoms with Gasteiger partial charge in [-0.25, -0.2) is 0 Å². The maximum absolute atomic E-state index is 12.5. The van der Waals surface area contributed by atoms with Crippen molar-refractivity contribution in [1.29, 1.82) is 0 Å². The van der Waals surface area contributed by atoms with Crippen LogP contribution in [0.5, 0.6) is 0 Å². The van der Waals surface area contributed by atoms with E-state index in [2.05, 4.69) is 5.32 Å². The molecule has 3 rings (SSSR count). The second kappa shape index (κ2) is 4.00. The van der Waals surface area contributed by atoms with Crippen LogP contribution in [-0.4, -0.2) is 35.8 Å². The predicted octanol–water partition coefficient (Wildman–Crippen LogP) is 1.06. The van der Waals surface area contributed by atoms with Gasteiger partial charge in [-0.3, -0.25) is 9.59 Å². The molecule has 0 aromatic heterocycles. The monoisotopic (exact) mass is 236 g/mol. The molecule has 0 unspecified atom stereocenters. The van der Waals surface area contributed by atoms with Gasteiger partial charge in [0.15, 0.2) is 0 Å². The highest BCUT2D eigenvalue weighted by Crippen LogP contribution is 2.44. The molecule has 2 amide bonds. The zero-order valence-electron chi connectivity index (χ0n) is 10.2. The Morgan fingerprint density at radius 1 is 1.06 bits per heavy atom. The third-order valence-corrected chi connectivity index (χ3v) is 4.36. The van der Waals surface area contributed by atoms with Crippen LogP contribution in [0.15, 0.2) is 0 Å². The molecule has 0 radical (unpaired) electrons. The summed E-state index contributed by atoms with van der Waals surface area (Å²) >= 11 is 0. The molecular formula is C13H20N2O2. The molecule has 0 bridgehead atoms. The average Bonchev–Trinajstić information content (AvgIpc) is 2.90. The van der Waals surface area contributed by atoms with Crippen molar-refractivity contribution in [1.82, 2.24) is 10.2 Å². The van der Waals surface area contributed by atoms with E-state index in [1.165, 1.54) is 0 Å². The van der Waals surface area contributed by atoms with E-state index in [0.29, 0.717) is 6.04 Å². The number of carbonyl (C=O) groups is 2. The van der Waals surface area contributed by atoms with Crippen molar-refractivity contribution >= 4 is 11.8 Å². The molecule has 1 aliphatic heterocycles. The molecule has 4 nitrogen and oxygen atoms in total. The zero-order valence-corrected chi connectivity index (χ0v) is 10.2. The highest BCUT2D eigenvalue weighted by atomic mass is 16.2. The lowest BCUT2D eigenvalue weighted by Crippen LogP contribution is -2.56. The summed E-state index contributed by atoms with van der Waals surface area (Å²) in [6, 6.07) is 0.353. The lowest BCUT2D eigenvalue weighted by atomic mass is 9.67. The second-order valence-electron chi connectivity index (χ2n) is 5.68. The first-order chi connectivity index (χ1) is 8.22. The van der Waals surface area contributed by atoms with Crippen LogP contribution in [0, 0.1) is 5.41 Å². The van der Waals surface area contributed by atoms with E-state index in [1.807, 2.05) is 4.90 Å². The fourth-order valence-corrected chi connectivity index (χ4v) is 2.84. The Kier molecular flexibility index (Phi) is 2.60. The van der Waals surface area contributed by atoms with E-state index < -0.39 is 5.41 Å². The molecule has 17 heavy (non-hydrogen) atoms. The molecule has 1 saturated heterocycles. The first-order valence-electron chi connectivity index (χ1n) is 6.83. The summed E-state index contributed by atoms with van der Waals surface area (Å²) in [4.78, 5) is 26.6. The van der Waals surface area contributed by atoms with Gasteiger partial charge in [0.2, 0.25) is 11.8 Å². The van der Waals surface area contributed by atoms with E-state index in [0.717, 1.165) is 58.0 Å². The second-order valence-corrected chi connectivity index (χ2v) is 5.68. The van der Waals surface area contributed by atoms with Crippen molar-refractivity contribution in [2.24, 2.45) is 5.41 Å². The smallest absolute Gasteiger partial charge is 0.238 e. The fourth-order valence-electron chi connectivity index (χ4n) is 2.84. The summed E-state index contributed by atoms with van der Waals surface area (Å²) in [7, 11) is 0. The molecule has 0 spiro atoms. The Balaban J connectivity index is 1.70. The van der Waals surface area contributed by atoms with Crippen molar-refractivity contribution in [2.45, 2.75) is 51.0 Å². The lowest BCUT2D eigenvalue weighted by molar-refractivity contribution is -0.156. The topological polar surface area (TPSA) is 49.4 Å². The van der Waals surface area contributed by atoms with Crippen molar-refractivity contribution in [3.8, 4) is 0 Å². The van der Waals surface area contributed by atoms with Crippen molar-refractivity contribution in [3.05, 3.63) is 0 Å². The molecule has 94 valence electrons. The van der Waals surface area contributed by atoms with Crippen LogP contribution in [-0.2, 0) is 9.59 Å². The van der Waals surface area contributed by atoms with Gasteiger partial charge in [-0.15, -0.1) is 0 Å². The van der Waals surface area contributed by atoms with E-state index >= 15 is 0 Å². The summed E-state index contributed by atoms with van der Waals surface area (Å²) < 4.78 is 0. The van der Waals surface area contributed by atoms with Crippen LogP contribution in [0.1, 0.15) is 44.9 Å². The van der Waals surface area contributed by atoms with E-state index in [9.17, 15) is 9.59 Å². The highest BCUT2D eigenvalue weighted by Gasteiger charge is 2.53. The number of nitrogens with one attached hydrogen (secondary N) is 1. The normalized spacial score (nSPS) is 26.5. The molecule has 3 aliphatic rings. The molecule has 4 heteroatoms. The number of rotatable bonds is 3. The van der Waals surface area contributed by atoms with Gasteiger partial charge in [-0.05, 0) is 38.5 Å². The summed E-state index contributed by atoms with van der Waals surface area (Å²) in [5.74, 6) is 0.0996. The van der Waals surface area contributed by atoms with Gasteiger partial charge >= 0.3 is 0 Å². The van der Waals surface area contributed by atoms with Crippen LogP contribution < -0.4 is 5.32 Å². The van der Waals surface area contributed by atoms with Gasteiger partial charge in [0, 0.05) is 19.1 Å². The van der Waals surface area contributed by atoms with Gasteiger partial charge in [0.05, 0.1) is 0 Å². The standard InChI is InChI=1S/C13H20N2O2/c16-11(14-10-4-5-10)13(6-3-7-13)12(17)15-8-1-2-9-15/h10H,1-9H2,(H,14,16). The summed E-state index contributed by atoms with van der Waals surface area (Å²) in [5.41, 5.74) is -0.688. The van der Waals surface area contributed by atoms with Gasteiger partial charge in [0.1, 0.15) is 5.41 Å². The van der Waals surface area contributed by atoms with E-state index in [1.54, 1.807) is 0 Å². The van der Waals surface area contributed by atoms with E-state index in [4.69, 9.17) is 0 Å².